The Morgan fingerprint density at radius 2 is 2.25 bits per heavy atom. The monoisotopic (exact) mass is 193 g/mol. The zero-order valence-corrected chi connectivity index (χ0v) is 7.56. The summed E-state index contributed by atoms with van der Waals surface area (Å²) in [6.45, 7) is 0. The van der Waals surface area contributed by atoms with E-state index in [9.17, 15) is 13.2 Å². The van der Waals surface area contributed by atoms with E-state index in [0.29, 0.717) is 12.8 Å². The number of rotatable bonds is 1. The standard InChI is InChI=1S/C6H11NO4S/c1-11-6(8)5-3-2-4-12(9,10)7-5/h5,7H,2-4H2,1H3. The molecule has 6 heteroatoms. The topological polar surface area (TPSA) is 72.5 Å². The van der Waals surface area contributed by atoms with Gasteiger partial charge in [0.2, 0.25) is 10.0 Å². The van der Waals surface area contributed by atoms with E-state index < -0.39 is 22.0 Å². The molecule has 0 aromatic carbocycles. The van der Waals surface area contributed by atoms with Gasteiger partial charge in [0.25, 0.3) is 0 Å². The first kappa shape index (κ1) is 9.47. The van der Waals surface area contributed by atoms with Gasteiger partial charge in [0, 0.05) is 0 Å². The largest absolute Gasteiger partial charge is 0.468 e. The Morgan fingerprint density at radius 1 is 1.58 bits per heavy atom. The SMILES string of the molecule is COC(=O)C1CCCS(=O)(=O)N1. The van der Waals surface area contributed by atoms with Gasteiger partial charge in [-0.1, -0.05) is 0 Å². The quantitative estimate of drug-likeness (QED) is 0.556. The van der Waals surface area contributed by atoms with Crippen molar-refractivity contribution >= 4 is 16.0 Å². The lowest BCUT2D eigenvalue weighted by Crippen LogP contribution is -2.46. The molecule has 1 heterocycles. The molecule has 1 atom stereocenters. The van der Waals surface area contributed by atoms with E-state index in [0.717, 1.165) is 0 Å². The first-order valence-corrected chi connectivity index (χ1v) is 5.28. The third kappa shape index (κ3) is 2.18. The van der Waals surface area contributed by atoms with E-state index in [1.165, 1.54) is 7.11 Å². The maximum atomic E-state index is 11.0. The lowest BCUT2D eigenvalue weighted by Gasteiger charge is -2.20. The molecule has 1 unspecified atom stereocenters. The molecule has 0 bridgehead atoms. The van der Waals surface area contributed by atoms with Crippen molar-refractivity contribution in [1.29, 1.82) is 0 Å². The zero-order chi connectivity index (χ0) is 9.19. The fourth-order valence-electron chi connectivity index (χ4n) is 1.12. The van der Waals surface area contributed by atoms with Crippen LogP contribution in [0.3, 0.4) is 0 Å². The molecule has 1 fully saturated rings. The van der Waals surface area contributed by atoms with E-state index in [1.807, 2.05) is 0 Å². The van der Waals surface area contributed by atoms with Gasteiger partial charge in [-0.05, 0) is 12.8 Å². The maximum absolute atomic E-state index is 11.0. The van der Waals surface area contributed by atoms with Gasteiger partial charge < -0.3 is 4.74 Å². The van der Waals surface area contributed by atoms with Crippen LogP contribution in [0.2, 0.25) is 0 Å². The van der Waals surface area contributed by atoms with Crippen molar-refractivity contribution in [1.82, 2.24) is 4.72 Å². The Labute approximate surface area is 71.1 Å². The van der Waals surface area contributed by atoms with Crippen LogP contribution in [0.4, 0.5) is 0 Å². The molecule has 0 radical (unpaired) electrons. The number of carbonyl (C=O) groups excluding carboxylic acids is 1. The van der Waals surface area contributed by atoms with Crippen molar-refractivity contribution in [2.45, 2.75) is 18.9 Å². The summed E-state index contributed by atoms with van der Waals surface area (Å²) in [5.41, 5.74) is 0. The minimum absolute atomic E-state index is 0.0977. The molecule has 1 N–H and O–H groups in total. The summed E-state index contributed by atoms with van der Waals surface area (Å²) in [6, 6.07) is -0.686. The average Bonchev–Trinajstić information content (AvgIpc) is 2.01. The molecule has 0 amide bonds. The summed E-state index contributed by atoms with van der Waals surface area (Å²) in [6.07, 6.45) is 1.03. The van der Waals surface area contributed by atoms with Crippen LogP contribution in [0.15, 0.2) is 0 Å². The lowest BCUT2D eigenvalue weighted by atomic mass is 10.2. The van der Waals surface area contributed by atoms with Crippen molar-refractivity contribution in [3.05, 3.63) is 0 Å². The highest BCUT2D eigenvalue weighted by molar-refractivity contribution is 7.89. The van der Waals surface area contributed by atoms with Crippen molar-refractivity contribution < 1.29 is 17.9 Å². The molecule has 70 valence electrons. The Bertz CT molecular complexity index is 271. The molecular weight excluding hydrogens is 182 g/mol. The first-order valence-electron chi connectivity index (χ1n) is 3.63. The van der Waals surface area contributed by atoms with Crippen LogP contribution in [0, 0.1) is 0 Å². The van der Waals surface area contributed by atoms with Crippen molar-refractivity contribution in [2.24, 2.45) is 0 Å². The van der Waals surface area contributed by atoms with E-state index in [-0.39, 0.29) is 5.75 Å². The number of nitrogens with one attached hydrogen (secondary N) is 1. The van der Waals surface area contributed by atoms with Crippen LogP contribution >= 0.6 is 0 Å². The van der Waals surface area contributed by atoms with E-state index in [4.69, 9.17) is 0 Å². The van der Waals surface area contributed by atoms with Gasteiger partial charge in [0.15, 0.2) is 0 Å². The molecule has 5 nitrogen and oxygen atoms in total. The summed E-state index contributed by atoms with van der Waals surface area (Å²) in [4.78, 5) is 10.9. The molecule has 0 aromatic rings. The van der Waals surface area contributed by atoms with Crippen LogP contribution in [0.5, 0.6) is 0 Å². The smallest absolute Gasteiger partial charge is 0.323 e. The molecule has 1 rings (SSSR count). The normalized spacial score (nSPS) is 27.9. The van der Waals surface area contributed by atoms with Gasteiger partial charge in [-0.2, -0.15) is 0 Å². The van der Waals surface area contributed by atoms with Crippen molar-refractivity contribution in [3.63, 3.8) is 0 Å². The van der Waals surface area contributed by atoms with Gasteiger partial charge >= 0.3 is 5.97 Å². The van der Waals surface area contributed by atoms with E-state index in [2.05, 4.69) is 9.46 Å². The van der Waals surface area contributed by atoms with Gasteiger partial charge in [0.05, 0.1) is 12.9 Å². The average molecular weight is 193 g/mol. The maximum Gasteiger partial charge on any atom is 0.323 e. The fraction of sp³-hybridized carbons (Fsp3) is 0.833. The second-order valence-electron chi connectivity index (χ2n) is 2.65. The molecule has 12 heavy (non-hydrogen) atoms. The number of carbonyl (C=O) groups is 1. The second kappa shape index (κ2) is 3.40. The van der Waals surface area contributed by atoms with Crippen molar-refractivity contribution in [2.75, 3.05) is 12.9 Å². The molecule has 0 spiro atoms. The highest BCUT2D eigenvalue weighted by Gasteiger charge is 2.29. The lowest BCUT2D eigenvalue weighted by molar-refractivity contribution is -0.142. The predicted molar refractivity (Wildman–Crippen MR) is 42.0 cm³/mol. The molecule has 1 aliphatic heterocycles. The zero-order valence-electron chi connectivity index (χ0n) is 6.74. The third-order valence-electron chi connectivity index (χ3n) is 1.71. The summed E-state index contributed by atoms with van der Waals surface area (Å²) in [5, 5.41) is 0. The second-order valence-corrected chi connectivity index (χ2v) is 4.53. The Morgan fingerprint density at radius 3 is 2.75 bits per heavy atom. The molecule has 0 aromatic heterocycles. The van der Waals surface area contributed by atoms with Crippen LogP contribution in [-0.4, -0.2) is 33.3 Å². The molecule has 0 aliphatic carbocycles. The highest BCUT2D eigenvalue weighted by Crippen LogP contribution is 2.09. The first-order chi connectivity index (χ1) is 5.55. The highest BCUT2D eigenvalue weighted by atomic mass is 32.2. The Balaban J connectivity index is 2.64. The van der Waals surface area contributed by atoms with Gasteiger partial charge in [-0.15, -0.1) is 0 Å². The van der Waals surface area contributed by atoms with E-state index in [1.54, 1.807) is 0 Å². The number of sulfonamides is 1. The number of methoxy groups -OCH3 is 1. The minimum Gasteiger partial charge on any atom is -0.468 e. The van der Waals surface area contributed by atoms with Gasteiger partial charge in [-0.25, -0.2) is 13.1 Å². The summed E-state index contributed by atoms with van der Waals surface area (Å²) >= 11 is 0. The number of esters is 1. The van der Waals surface area contributed by atoms with Crippen LogP contribution in [0.1, 0.15) is 12.8 Å². The van der Waals surface area contributed by atoms with Gasteiger partial charge in [-0.3, -0.25) is 4.79 Å². The summed E-state index contributed by atoms with van der Waals surface area (Å²) in [5.74, 6) is -0.418. The third-order valence-corrected chi connectivity index (χ3v) is 3.18. The van der Waals surface area contributed by atoms with Gasteiger partial charge in [0.1, 0.15) is 6.04 Å². The van der Waals surface area contributed by atoms with Crippen LogP contribution < -0.4 is 4.72 Å². The Kier molecular flexibility index (Phi) is 2.69. The summed E-state index contributed by atoms with van der Waals surface area (Å²) < 4.78 is 28.6. The van der Waals surface area contributed by atoms with Crippen LogP contribution in [-0.2, 0) is 19.6 Å². The predicted octanol–water partition coefficient (Wildman–Crippen LogP) is -0.759. The number of hydrogen-bond acceptors (Lipinski definition) is 4. The molecule has 1 saturated heterocycles. The summed E-state index contributed by atoms with van der Waals surface area (Å²) in [7, 11) is -2.00. The molecular formula is C6H11NO4S. The Hall–Kier alpha value is -0.620. The van der Waals surface area contributed by atoms with Crippen molar-refractivity contribution in [3.8, 4) is 0 Å². The number of hydrogen-bond donors (Lipinski definition) is 1. The van der Waals surface area contributed by atoms with E-state index >= 15 is 0 Å². The number of ether oxygens (including phenoxy) is 1. The van der Waals surface area contributed by atoms with Crippen LogP contribution in [0.25, 0.3) is 0 Å². The fourth-order valence-corrected chi connectivity index (χ4v) is 2.43. The molecule has 0 saturated carbocycles. The molecule has 1 aliphatic rings. The minimum atomic E-state index is -3.24.